The molecule has 1 aliphatic heterocycles. The first-order valence-electron chi connectivity index (χ1n) is 7.25. The van der Waals surface area contributed by atoms with E-state index in [1.165, 1.54) is 18.4 Å². The first-order valence-corrected chi connectivity index (χ1v) is 7.25. The number of nitrogens with one attached hydrogen (secondary N) is 1. The van der Waals surface area contributed by atoms with Crippen LogP contribution in [-0.4, -0.2) is 18.4 Å². The summed E-state index contributed by atoms with van der Waals surface area (Å²) in [5, 5.41) is 3.61. The fourth-order valence-electron chi connectivity index (χ4n) is 3.43. The third kappa shape index (κ3) is 2.45. The zero-order valence-electron chi connectivity index (χ0n) is 11.2. The van der Waals surface area contributed by atoms with Gasteiger partial charge in [-0.2, -0.15) is 0 Å². The summed E-state index contributed by atoms with van der Waals surface area (Å²) in [5.74, 6) is 0.722. The van der Waals surface area contributed by atoms with Crippen molar-refractivity contribution in [2.24, 2.45) is 0 Å². The van der Waals surface area contributed by atoms with Gasteiger partial charge in [-0.15, -0.1) is 0 Å². The molecule has 1 spiro atoms. The van der Waals surface area contributed by atoms with Gasteiger partial charge in [-0.05, 0) is 50.5 Å². The average Bonchev–Trinajstić information content (AvgIpc) is 2.40. The Morgan fingerprint density at radius 3 is 2.50 bits per heavy atom. The van der Waals surface area contributed by atoms with Crippen molar-refractivity contribution in [3.8, 4) is 0 Å². The Kier molecular flexibility index (Phi) is 3.40. The summed E-state index contributed by atoms with van der Waals surface area (Å²) in [4.78, 5) is 0. The quantitative estimate of drug-likeness (QED) is 0.818. The largest absolute Gasteiger partial charge is 0.358 e. The maximum absolute atomic E-state index is 6.19. The van der Waals surface area contributed by atoms with Crippen molar-refractivity contribution >= 4 is 0 Å². The number of benzene rings is 1. The summed E-state index contributed by atoms with van der Waals surface area (Å²) in [5.41, 5.74) is 1.49. The van der Waals surface area contributed by atoms with E-state index in [2.05, 4.69) is 42.6 Å². The van der Waals surface area contributed by atoms with Gasteiger partial charge in [0.05, 0.1) is 6.10 Å². The van der Waals surface area contributed by atoms with Crippen LogP contribution in [0.3, 0.4) is 0 Å². The Hall–Kier alpha value is -0.860. The molecule has 0 aromatic heterocycles. The van der Waals surface area contributed by atoms with Crippen LogP contribution in [0.1, 0.15) is 50.5 Å². The highest BCUT2D eigenvalue weighted by Crippen LogP contribution is 2.40. The lowest BCUT2D eigenvalue weighted by molar-refractivity contribution is -0.154. The van der Waals surface area contributed by atoms with Crippen molar-refractivity contribution < 1.29 is 4.74 Å². The molecule has 2 aliphatic rings. The molecule has 98 valence electrons. The minimum absolute atomic E-state index is 0.0110. The lowest BCUT2D eigenvalue weighted by atomic mass is 9.79. The predicted octanol–water partition coefficient (Wildman–Crippen LogP) is 3.44. The SMILES string of the molecule is CC1CCNC2(CCC(c3ccccc3)CC2)O1. The molecular formula is C16H23NO. The van der Waals surface area contributed by atoms with E-state index in [4.69, 9.17) is 4.74 Å². The van der Waals surface area contributed by atoms with E-state index in [0.29, 0.717) is 6.10 Å². The summed E-state index contributed by atoms with van der Waals surface area (Å²) >= 11 is 0. The molecule has 1 unspecified atom stereocenters. The molecule has 1 aliphatic carbocycles. The monoisotopic (exact) mass is 245 g/mol. The van der Waals surface area contributed by atoms with Gasteiger partial charge in [-0.1, -0.05) is 30.3 Å². The number of hydrogen-bond acceptors (Lipinski definition) is 2. The zero-order valence-corrected chi connectivity index (χ0v) is 11.2. The maximum Gasteiger partial charge on any atom is 0.119 e. The van der Waals surface area contributed by atoms with Crippen molar-refractivity contribution in [2.75, 3.05) is 6.54 Å². The van der Waals surface area contributed by atoms with Crippen molar-refractivity contribution in [1.29, 1.82) is 0 Å². The molecule has 2 nitrogen and oxygen atoms in total. The van der Waals surface area contributed by atoms with Gasteiger partial charge in [0.15, 0.2) is 0 Å². The molecule has 1 N–H and O–H groups in total. The van der Waals surface area contributed by atoms with E-state index in [1.54, 1.807) is 0 Å². The van der Waals surface area contributed by atoms with Crippen LogP contribution in [0.5, 0.6) is 0 Å². The van der Waals surface area contributed by atoms with E-state index in [9.17, 15) is 0 Å². The third-order valence-corrected chi connectivity index (χ3v) is 4.49. The summed E-state index contributed by atoms with van der Waals surface area (Å²) in [7, 11) is 0. The molecule has 18 heavy (non-hydrogen) atoms. The van der Waals surface area contributed by atoms with Crippen LogP contribution in [0.25, 0.3) is 0 Å². The maximum atomic E-state index is 6.19. The predicted molar refractivity (Wildman–Crippen MR) is 73.5 cm³/mol. The van der Waals surface area contributed by atoms with Gasteiger partial charge in [0.1, 0.15) is 5.72 Å². The fourth-order valence-corrected chi connectivity index (χ4v) is 3.43. The summed E-state index contributed by atoms with van der Waals surface area (Å²) < 4.78 is 6.19. The van der Waals surface area contributed by atoms with E-state index >= 15 is 0 Å². The number of ether oxygens (including phenoxy) is 1. The third-order valence-electron chi connectivity index (χ3n) is 4.49. The molecule has 1 atom stereocenters. The van der Waals surface area contributed by atoms with Crippen LogP contribution in [0.15, 0.2) is 30.3 Å². The lowest BCUT2D eigenvalue weighted by Gasteiger charge is -2.45. The highest BCUT2D eigenvalue weighted by atomic mass is 16.5. The van der Waals surface area contributed by atoms with Gasteiger partial charge in [0.25, 0.3) is 0 Å². The molecule has 1 saturated heterocycles. The summed E-state index contributed by atoms with van der Waals surface area (Å²) in [6, 6.07) is 10.9. The van der Waals surface area contributed by atoms with Gasteiger partial charge in [-0.25, -0.2) is 0 Å². The topological polar surface area (TPSA) is 21.3 Å². The second-order valence-electron chi connectivity index (χ2n) is 5.82. The smallest absolute Gasteiger partial charge is 0.119 e. The molecular weight excluding hydrogens is 222 g/mol. The molecule has 1 aromatic rings. The molecule has 0 bridgehead atoms. The van der Waals surface area contributed by atoms with Crippen molar-refractivity contribution in [3.63, 3.8) is 0 Å². The first-order chi connectivity index (χ1) is 8.77. The highest BCUT2D eigenvalue weighted by molar-refractivity contribution is 5.20. The Labute approximate surface area is 110 Å². The van der Waals surface area contributed by atoms with Crippen LogP contribution in [-0.2, 0) is 4.74 Å². The average molecular weight is 245 g/mol. The Bertz CT molecular complexity index is 381. The first kappa shape index (κ1) is 12.2. The van der Waals surface area contributed by atoms with Crippen LogP contribution in [0.4, 0.5) is 0 Å². The highest BCUT2D eigenvalue weighted by Gasteiger charge is 2.39. The van der Waals surface area contributed by atoms with Gasteiger partial charge in [0, 0.05) is 6.54 Å². The second-order valence-corrected chi connectivity index (χ2v) is 5.82. The summed E-state index contributed by atoms with van der Waals surface area (Å²) in [6.45, 7) is 3.31. The molecule has 2 fully saturated rings. The van der Waals surface area contributed by atoms with Crippen molar-refractivity contribution in [3.05, 3.63) is 35.9 Å². The Balaban J connectivity index is 1.64. The molecule has 3 rings (SSSR count). The molecule has 0 amide bonds. The molecule has 1 aromatic carbocycles. The van der Waals surface area contributed by atoms with Gasteiger partial charge in [-0.3, -0.25) is 5.32 Å². The van der Waals surface area contributed by atoms with Gasteiger partial charge >= 0.3 is 0 Å². The molecule has 1 saturated carbocycles. The minimum atomic E-state index is -0.0110. The van der Waals surface area contributed by atoms with E-state index < -0.39 is 0 Å². The molecule has 0 radical (unpaired) electrons. The lowest BCUT2D eigenvalue weighted by Crippen LogP contribution is -2.55. The normalized spacial score (nSPS) is 36.7. The molecule has 2 heteroatoms. The summed E-state index contributed by atoms with van der Waals surface area (Å²) in [6.07, 6.45) is 6.34. The Morgan fingerprint density at radius 1 is 1.11 bits per heavy atom. The van der Waals surface area contributed by atoms with Crippen LogP contribution < -0.4 is 5.32 Å². The van der Waals surface area contributed by atoms with E-state index in [-0.39, 0.29) is 5.72 Å². The van der Waals surface area contributed by atoms with Gasteiger partial charge < -0.3 is 4.74 Å². The van der Waals surface area contributed by atoms with E-state index in [1.807, 2.05) is 0 Å². The fraction of sp³-hybridized carbons (Fsp3) is 0.625. The van der Waals surface area contributed by atoms with Crippen molar-refractivity contribution in [1.82, 2.24) is 5.32 Å². The van der Waals surface area contributed by atoms with Crippen LogP contribution >= 0.6 is 0 Å². The number of rotatable bonds is 1. The second kappa shape index (κ2) is 5.02. The molecule has 1 heterocycles. The van der Waals surface area contributed by atoms with E-state index in [0.717, 1.165) is 31.7 Å². The standard InChI is InChI=1S/C16H23NO/c1-13-9-12-17-16(18-13)10-7-15(8-11-16)14-5-3-2-4-6-14/h2-6,13,15,17H,7-12H2,1H3. The minimum Gasteiger partial charge on any atom is -0.358 e. The van der Waals surface area contributed by atoms with Gasteiger partial charge in [0.2, 0.25) is 0 Å². The zero-order chi connectivity index (χ0) is 12.4. The Morgan fingerprint density at radius 2 is 1.83 bits per heavy atom. The van der Waals surface area contributed by atoms with Crippen molar-refractivity contribution in [2.45, 2.75) is 56.8 Å². The van der Waals surface area contributed by atoms with Crippen LogP contribution in [0, 0.1) is 0 Å². The van der Waals surface area contributed by atoms with Crippen LogP contribution in [0.2, 0.25) is 0 Å². The number of hydrogen-bond donors (Lipinski definition) is 1.